The Kier molecular flexibility index (Phi) is 13.5. The van der Waals surface area contributed by atoms with Gasteiger partial charge in [-0.15, -0.1) is 11.8 Å². The zero-order valence-corrected chi connectivity index (χ0v) is 31.5. The third-order valence-electron chi connectivity index (χ3n) is 9.92. The average Bonchev–Trinajstić information content (AvgIpc) is 3.92. The second kappa shape index (κ2) is 18.0. The summed E-state index contributed by atoms with van der Waals surface area (Å²) in [6.07, 6.45) is -3.02. The molecule has 6 rings (SSSR count). The normalized spacial score (nSPS) is 19.7. The summed E-state index contributed by atoms with van der Waals surface area (Å²) in [5, 5.41) is 51.7. The number of ether oxygens (including phenoxy) is 1. The van der Waals surface area contributed by atoms with Crippen LogP contribution in [0.5, 0.6) is 5.75 Å². The number of aryl methyl sites for hydroxylation is 1. The molecule has 5 atom stereocenters. The van der Waals surface area contributed by atoms with Crippen molar-refractivity contribution in [3.05, 3.63) is 87.4 Å². The quantitative estimate of drug-likeness (QED) is 0.118. The van der Waals surface area contributed by atoms with Crippen molar-refractivity contribution < 1.29 is 39.9 Å². The van der Waals surface area contributed by atoms with Gasteiger partial charge < -0.3 is 45.4 Å². The number of nitrogens with zero attached hydrogens (tertiary/aromatic N) is 3. The number of carbonyl (C=O) groups is 2. The van der Waals surface area contributed by atoms with Crippen LogP contribution < -0.4 is 19.9 Å². The van der Waals surface area contributed by atoms with Crippen LogP contribution in [0, 0.1) is 0 Å². The molecule has 6 N–H and O–H groups in total. The van der Waals surface area contributed by atoms with Gasteiger partial charge in [-0.05, 0) is 85.3 Å². The molecule has 2 fully saturated rings. The minimum absolute atomic E-state index is 0.125. The number of anilines is 2. The fourth-order valence-electron chi connectivity index (χ4n) is 6.72. The van der Waals surface area contributed by atoms with Gasteiger partial charge in [0, 0.05) is 59.5 Å². The number of aliphatic hydroxyl groups excluding tert-OH is 5. The summed E-state index contributed by atoms with van der Waals surface area (Å²) in [6, 6.07) is 18.8. The first kappa shape index (κ1) is 39.6. The number of thioether (sulfide) groups is 1. The number of carbonyl (C=O) groups excluding carboxylic acids is 2. The van der Waals surface area contributed by atoms with Crippen molar-refractivity contribution in [2.24, 2.45) is 0 Å². The number of rotatable bonds is 16. The minimum Gasteiger partial charge on any atom is -0.494 e. The van der Waals surface area contributed by atoms with Crippen LogP contribution in [-0.4, -0.2) is 123 Å². The van der Waals surface area contributed by atoms with Crippen LogP contribution >= 0.6 is 35.0 Å². The number of aliphatic hydroxyl groups is 5. The Hall–Kier alpha value is -3.11. The molecule has 53 heavy (non-hydrogen) atoms. The second-order valence-electron chi connectivity index (χ2n) is 13.7. The Labute approximate surface area is 323 Å². The van der Waals surface area contributed by atoms with Gasteiger partial charge >= 0.3 is 0 Å². The Morgan fingerprint density at radius 1 is 0.906 bits per heavy atom. The van der Waals surface area contributed by atoms with Crippen molar-refractivity contribution in [2.75, 3.05) is 54.3 Å². The molecule has 2 aliphatic heterocycles. The van der Waals surface area contributed by atoms with Crippen LogP contribution in [-0.2, 0) is 17.8 Å². The van der Waals surface area contributed by atoms with E-state index in [4.69, 9.17) is 33.0 Å². The lowest BCUT2D eigenvalue weighted by atomic mass is 10.0. The van der Waals surface area contributed by atoms with E-state index in [0.29, 0.717) is 54.4 Å². The van der Waals surface area contributed by atoms with E-state index >= 15 is 0 Å². The molecule has 286 valence electrons. The van der Waals surface area contributed by atoms with Gasteiger partial charge in [-0.1, -0.05) is 35.3 Å². The topological polar surface area (TPSA) is 166 Å². The predicted molar refractivity (Wildman–Crippen MR) is 206 cm³/mol. The zero-order valence-electron chi connectivity index (χ0n) is 29.2. The van der Waals surface area contributed by atoms with E-state index in [1.807, 2.05) is 29.2 Å². The molecule has 2 amide bonds. The molecule has 2 heterocycles. The lowest BCUT2D eigenvalue weighted by Crippen LogP contribution is -2.52. The molecular weight excluding hydrogens is 743 g/mol. The molecule has 0 spiro atoms. The third-order valence-corrected chi connectivity index (χ3v) is 11.7. The van der Waals surface area contributed by atoms with Gasteiger partial charge in [0.15, 0.2) is 0 Å². The predicted octanol–water partition coefficient (Wildman–Crippen LogP) is 3.06. The fourth-order valence-corrected chi connectivity index (χ4v) is 8.43. The van der Waals surface area contributed by atoms with Crippen molar-refractivity contribution in [2.45, 2.75) is 68.7 Å². The largest absolute Gasteiger partial charge is 0.494 e. The maximum absolute atomic E-state index is 14.0. The summed E-state index contributed by atoms with van der Waals surface area (Å²) in [6.45, 7) is 1.26. The monoisotopic (exact) mass is 788 g/mol. The fraction of sp³-hybridized carbons (Fsp3) is 0.474. The SMILES string of the molecule is O=C(NC[C@H](O)[C@@H](O)[C@H](O)[C@H](O)CO)c1ccc(OCCCc2cc(Cl)c(CN3CSC[C@H]3C(=O)N3CCN(C4CC4)c4ccccc43)cc2Cl)cc1. The number of para-hydroxylation sites is 2. The first-order valence-electron chi connectivity index (χ1n) is 17.9. The van der Waals surface area contributed by atoms with Gasteiger partial charge in [0.05, 0.1) is 36.7 Å². The summed E-state index contributed by atoms with van der Waals surface area (Å²) in [7, 11) is 0. The minimum atomic E-state index is -1.77. The highest BCUT2D eigenvalue weighted by atomic mass is 35.5. The summed E-state index contributed by atoms with van der Waals surface area (Å²) in [5.41, 5.74) is 4.21. The molecule has 1 saturated heterocycles. The summed E-state index contributed by atoms with van der Waals surface area (Å²) in [5.74, 6) is 1.62. The summed E-state index contributed by atoms with van der Waals surface area (Å²) < 4.78 is 5.86. The highest BCUT2D eigenvalue weighted by Crippen LogP contribution is 2.41. The van der Waals surface area contributed by atoms with E-state index in [9.17, 15) is 30.0 Å². The van der Waals surface area contributed by atoms with Gasteiger partial charge in [-0.2, -0.15) is 0 Å². The van der Waals surface area contributed by atoms with Crippen molar-refractivity contribution in [3.63, 3.8) is 0 Å². The van der Waals surface area contributed by atoms with Gasteiger partial charge in [-0.25, -0.2) is 0 Å². The van der Waals surface area contributed by atoms with Gasteiger partial charge in [0.25, 0.3) is 5.91 Å². The van der Waals surface area contributed by atoms with Crippen LogP contribution in [0.3, 0.4) is 0 Å². The molecule has 15 heteroatoms. The molecule has 3 aromatic carbocycles. The molecule has 0 radical (unpaired) electrons. The summed E-state index contributed by atoms with van der Waals surface area (Å²) >= 11 is 15.3. The van der Waals surface area contributed by atoms with Crippen molar-refractivity contribution >= 4 is 58.2 Å². The molecule has 1 aliphatic carbocycles. The van der Waals surface area contributed by atoms with Crippen molar-refractivity contribution in [1.82, 2.24) is 10.2 Å². The first-order chi connectivity index (χ1) is 25.5. The molecule has 0 bridgehead atoms. The Morgan fingerprint density at radius 2 is 1.58 bits per heavy atom. The molecule has 0 aromatic heterocycles. The Morgan fingerprint density at radius 3 is 2.30 bits per heavy atom. The lowest BCUT2D eigenvalue weighted by Gasteiger charge is -2.39. The van der Waals surface area contributed by atoms with E-state index in [0.717, 1.165) is 40.7 Å². The number of fused-ring (bicyclic) bond motifs is 1. The van der Waals surface area contributed by atoms with Crippen molar-refractivity contribution in [1.29, 1.82) is 0 Å². The van der Waals surface area contributed by atoms with Crippen LogP contribution in [0.1, 0.15) is 40.7 Å². The second-order valence-corrected chi connectivity index (χ2v) is 15.5. The average molecular weight is 790 g/mol. The van der Waals surface area contributed by atoms with Crippen LogP contribution in [0.25, 0.3) is 0 Å². The van der Waals surface area contributed by atoms with E-state index in [1.54, 1.807) is 36.0 Å². The standard InChI is InChI=1S/C38H46Cl2N4O8S/c39-28-17-25(19-42-22-53-21-32(42)38(51)44-14-13-43(26-9-10-26)30-5-1-2-6-31(30)44)29(40)16-24(28)4-3-15-52-27-11-7-23(8-12-27)37(50)41-18-33(46)35(48)36(49)34(47)20-45/h1-2,5-8,11-12,16-17,26,32-36,45-49H,3-4,9-10,13-15,18-22H2,(H,41,50)/t32-,33-,34+,35+,36+/m0/s1. The van der Waals surface area contributed by atoms with Crippen LogP contribution in [0.2, 0.25) is 10.0 Å². The van der Waals surface area contributed by atoms with Crippen LogP contribution in [0.4, 0.5) is 11.4 Å². The van der Waals surface area contributed by atoms with Crippen molar-refractivity contribution in [3.8, 4) is 5.75 Å². The number of hydrogen-bond acceptors (Lipinski definition) is 11. The van der Waals surface area contributed by atoms with Gasteiger partial charge in [0.2, 0.25) is 5.91 Å². The van der Waals surface area contributed by atoms with E-state index in [1.165, 1.54) is 12.8 Å². The third kappa shape index (κ3) is 9.59. The number of halogens is 2. The first-order valence-corrected chi connectivity index (χ1v) is 19.8. The lowest BCUT2D eigenvalue weighted by molar-refractivity contribution is -0.122. The maximum Gasteiger partial charge on any atom is 0.251 e. The van der Waals surface area contributed by atoms with E-state index in [-0.39, 0.29) is 24.1 Å². The zero-order chi connectivity index (χ0) is 37.6. The molecule has 3 aromatic rings. The highest BCUT2D eigenvalue weighted by molar-refractivity contribution is 7.99. The highest BCUT2D eigenvalue weighted by Gasteiger charge is 2.40. The molecular formula is C38H46Cl2N4O8S. The smallest absolute Gasteiger partial charge is 0.251 e. The van der Waals surface area contributed by atoms with Gasteiger partial charge in [-0.3, -0.25) is 14.5 Å². The number of benzene rings is 3. The number of hydrogen-bond donors (Lipinski definition) is 6. The number of amides is 2. The van der Waals surface area contributed by atoms with Gasteiger partial charge in [0.1, 0.15) is 24.1 Å². The van der Waals surface area contributed by atoms with E-state index < -0.39 is 36.9 Å². The van der Waals surface area contributed by atoms with Crippen LogP contribution in [0.15, 0.2) is 60.7 Å². The molecule has 1 saturated carbocycles. The Bertz CT molecular complexity index is 1730. The summed E-state index contributed by atoms with van der Waals surface area (Å²) in [4.78, 5) is 33.1. The molecule has 0 unspecified atom stereocenters. The Balaban J connectivity index is 0.966. The number of nitrogens with one attached hydrogen (secondary N) is 1. The maximum atomic E-state index is 14.0. The van der Waals surface area contributed by atoms with E-state index in [2.05, 4.69) is 27.2 Å². The molecule has 3 aliphatic rings. The molecule has 12 nitrogen and oxygen atoms in total.